The van der Waals surface area contributed by atoms with Crippen molar-refractivity contribution in [3.63, 3.8) is 0 Å². The molecule has 1 atom stereocenters. The van der Waals surface area contributed by atoms with E-state index >= 15 is 0 Å². The van der Waals surface area contributed by atoms with Gasteiger partial charge in [-0.05, 0) is 42.3 Å². The Labute approximate surface area is 129 Å². The van der Waals surface area contributed by atoms with Crippen molar-refractivity contribution in [1.82, 2.24) is 5.32 Å². The lowest BCUT2D eigenvalue weighted by atomic mass is 10.1. The average Bonchev–Trinajstić information content (AvgIpc) is 2.54. The third-order valence-electron chi connectivity index (χ3n) is 3.23. The standard InChI is InChI=1S/C17H15ClN2O/c1-12(15-7-5-13(11-19)6-8-15)20-17(21)16-4-2-3-14(9-16)10-18/h2-9,12H,10H2,1H3,(H,20,21). The molecule has 0 aromatic heterocycles. The quantitative estimate of drug-likeness (QED) is 0.873. The van der Waals surface area contributed by atoms with Crippen molar-refractivity contribution in [2.75, 3.05) is 0 Å². The SMILES string of the molecule is CC(NC(=O)c1cccc(CCl)c1)c1ccc(C#N)cc1. The van der Waals surface area contributed by atoms with E-state index < -0.39 is 0 Å². The van der Waals surface area contributed by atoms with Gasteiger partial charge >= 0.3 is 0 Å². The van der Waals surface area contributed by atoms with Gasteiger partial charge in [-0.1, -0.05) is 24.3 Å². The van der Waals surface area contributed by atoms with Gasteiger partial charge in [0, 0.05) is 11.4 Å². The molecule has 4 heteroatoms. The maximum absolute atomic E-state index is 12.2. The number of nitrogens with zero attached hydrogens (tertiary/aromatic N) is 1. The van der Waals surface area contributed by atoms with Crippen LogP contribution >= 0.6 is 11.6 Å². The molecular formula is C17H15ClN2O. The summed E-state index contributed by atoms with van der Waals surface area (Å²) in [5.74, 6) is 0.241. The van der Waals surface area contributed by atoms with Crippen LogP contribution in [0.4, 0.5) is 0 Å². The van der Waals surface area contributed by atoms with Crippen molar-refractivity contribution >= 4 is 17.5 Å². The fourth-order valence-corrected chi connectivity index (χ4v) is 2.17. The maximum Gasteiger partial charge on any atom is 0.251 e. The van der Waals surface area contributed by atoms with Gasteiger partial charge in [-0.3, -0.25) is 4.79 Å². The van der Waals surface area contributed by atoms with E-state index in [1.807, 2.05) is 31.2 Å². The first-order valence-electron chi connectivity index (χ1n) is 6.60. The molecule has 1 amide bonds. The minimum absolute atomic E-state index is 0.134. The van der Waals surface area contributed by atoms with Crippen LogP contribution in [-0.2, 0) is 5.88 Å². The molecule has 0 aliphatic rings. The van der Waals surface area contributed by atoms with Crippen molar-refractivity contribution in [3.8, 4) is 6.07 Å². The molecule has 0 radical (unpaired) electrons. The molecule has 0 heterocycles. The van der Waals surface area contributed by atoms with Crippen LogP contribution in [-0.4, -0.2) is 5.91 Å². The van der Waals surface area contributed by atoms with Gasteiger partial charge in [0.25, 0.3) is 5.91 Å². The number of benzene rings is 2. The van der Waals surface area contributed by atoms with Crippen LogP contribution in [0.25, 0.3) is 0 Å². The zero-order valence-electron chi connectivity index (χ0n) is 11.6. The number of alkyl halides is 1. The third kappa shape index (κ3) is 3.84. The highest BCUT2D eigenvalue weighted by Gasteiger charge is 2.11. The number of carbonyl (C=O) groups excluding carboxylic acids is 1. The van der Waals surface area contributed by atoms with Gasteiger partial charge in [0.05, 0.1) is 17.7 Å². The number of rotatable bonds is 4. The molecule has 0 aliphatic heterocycles. The zero-order chi connectivity index (χ0) is 15.2. The second-order valence-corrected chi connectivity index (χ2v) is 5.03. The van der Waals surface area contributed by atoms with Crippen LogP contribution in [0.1, 0.15) is 40.0 Å². The molecule has 0 bridgehead atoms. The summed E-state index contributed by atoms with van der Waals surface area (Å²) in [6.45, 7) is 1.91. The lowest BCUT2D eigenvalue weighted by Gasteiger charge is -2.14. The highest BCUT2D eigenvalue weighted by Crippen LogP contribution is 2.15. The van der Waals surface area contributed by atoms with Crippen LogP contribution in [0, 0.1) is 11.3 Å². The monoisotopic (exact) mass is 298 g/mol. The highest BCUT2D eigenvalue weighted by atomic mass is 35.5. The largest absolute Gasteiger partial charge is 0.346 e. The van der Waals surface area contributed by atoms with Crippen molar-refractivity contribution in [2.24, 2.45) is 0 Å². The zero-order valence-corrected chi connectivity index (χ0v) is 12.4. The molecule has 2 rings (SSSR count). The second kappa shape index (κ2) is 6.92. The predicted molar refractivity (Wildman–Crippen MR) is 83.0 cm³/mol. The Morgan fingerprint density at radius 2 is 2.00 bits per heavy atom. The van der Waals surface area contributed by atoms with Gasteiger partial charge in [0.15, 0.2) is 0 Å². The van der Waals surface area contributed by atoms with Gasteiger partial charge in [0.1, 0.15) is 0 Å². The van der Waals surface area contributed by atoms with E-state index in [-0.39, 0.29) is 11.9 Å². The minimum atomic E-state index is -0.140. The van der Waals surface area contributed by atoms with E-state index in [9.17, 15) is 4.79 Å². The van der Waals surface area contributed by atoms with E-state index in [2.05, 4.69) is 11.4 Å². The normalized spacial score (nSPS) is 11.5. The first-order valence-corrected chi connectivity index (χ1v) is 7.13. The molecule has 0 saturated heterocycles. The number of hydrogen-bond acceptors (Lipinski definition) is 2. The molecule has 0 spiro atoms. The van der Waals surface area contributed by atoms with Crippen molar-refractivity contribution in [2.45, 2.75) is 18.8 Å². The molecule has 0 aliphatic carbocycles. The summed E-state index contributed by atoms with van der Waals surface area (Å²) < 4.78 is 0. The fourth-order valence-electron chi connectivity index (χ4n) is 2.01. The molecule has 1 unspecified atom stereocenters. The van der Waals surface area contributed by atoms with E-state index in [0.29, 0.717) is 17.0 Å². The number of halogens is 1. The highest BCUT2D eigenvalue weighted by molar-refractivity contribution is 6.17. The predicted octanol–water partition coefficient (Wildman–Crippen LogP) is 3.79. The Hall–Kier alpha value is -2.31. The van der Waals surface area contributed by atoms with Crippen LogP contribution in [0.15, 0.2) is 48.5 Å². The van der Waals surface area contributed by atoms with Crippen molar-refractivity contribution in [3.05, 3.63) is 70.8 Å². The number of carbonyl (C=O) groups is 1. The maximum atomic E-state index is 12.2. The summed E-state index contributed by atoms with van der Waals surface area (Å²) in [6, 6.07) is 16.4. The molecular weight excluding hydrogens is 284 g/mol. The Kier molecular flexibility index (Phi) is 4.97. The molecule has 0 fully saturated rings. The Morgan fingerprint density at radius 3 is 2.62 bits per heavy atom. The summed E-state index contributed by atoms with van der Waals surface area (Å²) in [5.41, 5.74) is 3.06. The van der Waals surface area contributed by atoms with E-state index in [0.717, 1.165) is 11.1 Å². The molecule has 2 aromatic carbocycles. The Bertz CT molecular complexity index is 674. The minimum Gasteiger partial charge on any atom is -0.346 e. The summed E-state index contributed by atoms with van der Waals surface area (Å²) >= 11 is 5.78. The lowest BCUT2D eigenvalue weighted by molar-refractivity contribution is 0.0940. The Morgan fingerprint density at radius 1 is 1.29 bits per heavy atom. The van der Waals surface area contributed by atoms with Crippen LogP contribution in [0.5, 0.6) is 0 Å². The van der Waals surface area contributed by atoms with E-state index in [4.69, 9.17) is 16.9 Å². The molecule has 2 aromatic rings. The summed E-state index contributed by atoms with van der Waals surface area (Å²) in [4.78, 5) is 12.2. The average molecular weight is 299 g/mol. The summed E-state index contributed by atoms with van der Waals surface area (Å²) in [7, 11) is 0. The number of nitriles is 1. The van der Waals surface area contributed by atoms with Gasteiger partial charge < -0.3 is 5.32 Å². The molecule has 0 saturated carbocycles. The Balaban J connectivity index is 2.09. The third-order valence-corrected chi connectivity index (χ3v) is 3.54. The lowest BCUT2D eigenvalue weighted by Crippen LogP contribution is -2.26. The van der Waals surface area contributed by atoms with Crippen molar-refractivity contribution in [1.29, 1.82) is 5.26 Å². The smallest absolute Gasteiger partial charge is 0.251 e. The first-order chi connectivity index (χ1) is 10.1. The molecule has 21 heavy (non-hydrogen) atoms. The second-order valence-electron chi connectivity index (χ2n) is 4.76. The topological polar surface area (TPSA) is 52.9 Å². The van der Waals surface area contributed by atoms with Crippen LogP contribution in [0.2, 0.25) is 0 Å². The van der Waals surface area contributed by atoms with Gasteiger partial charge in [-0.15, -0.1) is 11.6 Å². The van der Waals surface area contributed by atoms with E-state index in [1.165, 1.54) is 0 Å². The van der Waals surface area contributed by atoms with Crippen LogP contribution in [0.3, 0.4) is 0 Å². The molecule has 106 valence electrons. The van der Waals surface area contributed by atoms with Crippen molar-refractivity contribution < 1.29 is 4.79 Å². The van der Waals surface area contributed by atoms with Gasteiger partial charge in [0.2, 0.25) is 0 Å². The molecule has 1 N–H and O–H groups in total. The summed E-state index contributed by atoms with van der Waals surface area (Å²) in [6.07, 6.45) is 0. The summed E-state index contributed by atoms with van der Waals surface area (Å²) in [5, 5.41) is 11.7. The van der Waals surface area contributed by atoms with E-state index in [1.54, 1.807) is 24.3 Å². The fraction of sp³-hybridized carbons (Fsp3) is 0.176. The number of nitrogens with one attached hydrogen (secondary N) is 1. The molecule has 3 nitrogen and oxygen atoms in total. The van der Waals surface area contributed by atoms with Gasteiger partial charge in [-0.25, -0.2) is 0 Å². The number of hydrogen-bond donors (Lipinski definition) is 1. The van der Waals surface area contributed by atoms with Crippen LogP contribution < -0.4 is 5.32 Å². The first kappa shape index (κ1) is 15.1. The van der Waals surface area contributed by atoms with Gasteiger partial charge in [-0.2, -0.15) is 5.26 Å². The number of amides is 1.